The number of nitrogens with zero attached hydrogens (tertiary/aromatic N) is 5. The highest BCUT2D eigenvalue weighted by Crippen LogP contribution is 2.26. The Hall–Kier alpha value is -2.51. The number of hydrogen-bond donors (Lipinski definition) is 0. The third-order valence-corrected chi connectivity index (χ3v) is 4.31. The zero-order chi connectivity index (χ0) is 17.2. The third kappa shape index (κ3) is 3.20. The lowest BCUT2D eigenvalue weighted by molar-refractivity contribution is -0.0513. The average Bonchev–Trinajstić information content (AvgIpc) is 3.10. The highest BCUT2D eigenvalue weighted by molar-refractivity contribution is 5.65. The summed E-state index contributed by atoms with van der Waals surface area (Å²) in [5.74, 6) is 1.57. The number of aromatic nitrogens is 4. The van der Waals surface area contributed by atoms with Gasteiger partial charge in [0.2, 0.25) is 0 Å². The quantitative estimate of drug-likeness (QED) is 0.725. The van der Waals surface area contributed by atoms with E-state index in [1.54, 1.807) is 11.6 Å². The molecule has 7 heteroatoms. The van der Waals surface area contributed by atoms with Gasteiger partial charge in [-0.2, -0.15) is 14.6 Å². The van der Waals surface area contributed by atoms with E-state index >= 15 is 0 Å². The first-order chi connectivity index (χ1) is 12.2. The zero-order valence-corrected chi connectivity index (χ0v) is 14.4. The van der Waals surface area contributed by atoms with Gasteiger partial charge in [-0.1, -0.05) is 30.3 Å². The van der Waals surface area contributed by atoms with Crippen molar-refractivity contribution in [3.8, 4) is 11.3 Å². The molecule has 2 atom stereocenters. The molecule has 1 aromatic carbocycles. The summed E-state index contributed by atoms with van der Waals surface area (Å²) in [7, 11) is 1.70. The van der Waals surface area contributed by atoms with E-state index in [4.69, 9.17) is 9.47 Å². The molecule has 7 nitrogen and oxygen atoms in total. The number of rotatable bonds is 4. The van der Waals surface area contributed by atoms with Gasteiger partial charge >= 0.3 is 0 Å². The highest BCUT2D eigenvalue weighted by atomic mass is 16.5. The van der Waals surface area contributed by atoms with Gasteiger partial charge in [0.25, 0.3) is 5.78 Å². The average molecular weight is 339 g/mol. The number of benzene rings is 1. The maximum absolute atomic E-state index is 5.96. The summed E-state index contributed by atoms with van der Waals surface area (Å²) in [6, 6.07) is 12.2. The second-order valence-electron chi connectivity index (χ2n) is 6.27. The van der Waals surface area contributed by atoms with Crippen molar-refractivity contribution >= 4 is 11.6 Å². The Morgan fingerprint density at radius 2 is 2.08 bits per heavy atom. The third-order valence-electron chi connectivity index (χ3n) is 4.31. The second-order valence-corrected chi connectivity index (χ2v) is 6.27. The Morgan fingerprint density at radius 1 is 1.24 bits per heavy atom. The molecule has 3 heterocycles. The molecule has 1 aliphatic rings. The monoisotopic (exact) mass is 339 g/mol. The second kappa shape index (κ2) is 6.78. The topological polar surface area (TPSA) is 64.8 Å². The number of anilines is 1. The molecule has 2 aromatic heterocycles. The van der Waals surface area contributed by atoms with Crippen LogP contribution in [0.2, 0.25) is 0 Å². The van der Waals surface area contributed by atoms with Crippen LogP contribution in [0.4, 0.5) is 5.82 Å². The first kappa shape index (κ1) is 16.0. The maximum Gasteiger partial charge on any atom is 0.254 e. The molecule has 1 aliphatic heterocycles. The normalized spacial score (nSPS) is 21.0. The standard InChI is InChI=1S/C18H21N5O2/c1-13-9-22(10-15(25-13)11-24-2)17-8-16(14-6-4-3-5-7-14)21-18-19-12-20-23(17)18/h3-8,12-13,15H,9-11H2,1-2H3. The largest absolute Gasteiger partial charge is 0.382 e. The van der Waals surface area contributed by atoms with E-state index in [9.17, 15) is 0 Å². The Bertz CT molecular complexity index is 851. The van der Waals surface area contributed by atoms with Crippen LogP contribution in [-0.2, 0) is 9.47 Å². The molecule has 1 fully saturated rings. The van der Waals surface area contributed by atoms with Crippen molar-refractivity contribution in [2.24, 2.45) is 0 Å². The van der Waals surface area contributed by atoms with Crippen LogP contribution < -0.4 is 4.90 Å². The van der Waals surface area contributed by atoms with Gasteiger partial charge < -0.3 is 14.4 Å². The van der Waals surface area contributed by atoms with Crippen molar-refractivity contribution in [1.82, 2.24) is 19.6 Å². The lowest BCUT2D eigenvalue weighted by Crippen LogP contribution is -2.49. The molecule has 1 saturated heterocycles. The number of hydrogen-bond acceptors (Lipinski definition) is 6. The smallest absolute Gasteiger partial charge is 0.254 e. The molecule has 4 rings (SSSR count). The summed E-state index contributed by atoms with van der Waals surface area (Å²) in [4.78, 5) is 11.2. The predicted molar refractivity (Wildman–Crippen MR) is 94.6 cm³/mol. The van der Waals surface area contributed by atoms with Gasteiger partial charge in [0.15, 0.2) is 0 Å². The molecule has 0 bridgehead atoms. The molecule has 0 N–H and O–H groups in total. The van der Waals surface area contributed by atoms with E-state index in [-0.39, 0.29) is 12.2 Å². The fourth-order valence-corrected chi connectivity index (χ4v) is 3.29. The molecule has 130 valence electrons. The molecule has 25 heavy (non-hydrogen) atoms. The van der Waals surface area contributed by atoms with E-state index in [1.807, 2.05) is 18.2 Å². The van der Waals surface area contributed by atoms with Crippen LogP contribution in [0.1, 0.15) is 6.92 Å². The van der Waals surface area contributed by atoms with Gasteiger partial charge in [0.05, 0.1) is 24.5 Å². The maximum atomic E-state index is 5.96. The molecule has 0 amide bonds. The molecular formula is C18H21N5O2. The summed E-state index contributed by atoms with van der Waals surface area (Å²) in [6.45, 7) is 4.17. The molecule has 0 radical (unpaired) electrons. The van der Waals surface area contributed by atoms with Crippen molar-refractivity contribution in [1.29, 1.82) is 0 Å². The van der Waals surface area contributed by atoms with Gasteiger partial charge in [0, 0.05) is 31.8 Å². The van der Waals surface area contributed by atoms with E-state index in [2.05, 4.69) is 45.1 Å². The Balaban J connectivity index is 1.76. The van der Waals surface area contributed by atoms with Crippen molar-refractivity contribution in [2.45, 2.75) is 19.1 Å². The fourth-order valence-electron chi connectivity index (χ4n) is 3.29. The van der Waals surface area contributed by atoms with E-state index in [0.29, 0.717) is 12.4 Å². The Kier molecular flexibility index (Phi) is 4.33. The number of morpholine rings is 1. The van der Waals surface area contributed by atoms with Crippen LogP contribution in [0.25, 0.3) is 17.0 Å². The predicted octanol–water partition coefficient (Wildman–Crippen LogP) is 2.03. The van der Waals surface area contributed by atoms with Gasteiger partial charge in [-0.05, 0) is 6.92 Å². The first-order valence-corrected chi connectivity index (χ1v) is 8.40. The molecule has 0 saturated carbocycles. The van der Waals surface area contributed by atoms with Gasteiger partial charge in [-0.25, -0.2) is 4.98 Å². The van der Waals surface area contributed by atoms with Crippen LogP contribution in [-0.4, -0.2) is 58.6 Å². The Labute approximate surface area is 146 Å². The van der Waals surface area contributed by atoms with E-state index in [0.717, 1.165) is 30.2 Å². The van der Waals surface area contributed by atoms with Crippen LogP contribution in [0.5, 0.6) is 0 Å². The number of ether oxygens (including phenoxy) is 2. The Morgan fingerprint density at radius 3 is 2.88 bits per heavy atom. The SMILES string of the molecule is COCC1CN(c2cc(-c3ccccc3)nc3ncnn23)CC(C)O1. The summed E-state index contributed by atoms with van der Waals surface area (Å²) < 4.78 is 13.0. The van der Waals surface area contributed by atoms with Crippen LogP contribution in [0.3, 0.4) is 0 Å². The van der Waals surface area contributed by atoms with Crippen LogP contribution in [0, 0.1) is 0 Å². The van der Waals surface area contributed by atoms with Crippen LogP contribution >= 0.6 is 0 Å². The molecule has 3 aromatic rings. The molecular weight excluding hydrogens is 318 g/mol. The summed E-state index contributed by atoms with van der Waals surface area (Å²) in [6.07, 6.45) is 1.68. The highest BCUT2D eigenvalue weighted by Gasteiger charge is 2.27. The number of methoxy groups -OCH3 is 1. The lowest BCUT2D eigenvalue weighted by atomic mass is 10.1. The van der Waals surface area contributed by atoms with Crippen molar-refractivity contribution in [2.75, 3.05) is 31.7 Å². The lowest BCUT2D eigenvalue weighted by Gasteiger charge is -2.37. The van der Waals surface area contributed by atoms with Crippen molar-refractivity contribution in [3.63, 3.8) is 0 Å². The molecule has 2 unspecified atom stereocenters. The minimum atomic E-state index is 0.0284. The summed E-state index contributed by atoms with van der Waals surface area (Å²) in [5, 5.41) is 4.35. The fraction of sp³-hybridized carbons (Fsp3) is 0.389. The van der Waals surface area contributed by atoms with Gasteiger partial charge in [-0.3, -0.25) is 0 Å². The van der Waals surface area contributed by atoms with Gasteiger partial charge in [-0.15, -0.1) is 0 Å². The van der Waals surface area contributed by atoms with Crippen molar-refractivity contribution < 1.29 is 9.47 Å². The zero-order valence-electron chi connectivity index (χ0n) is 14.4. The first-order valence-electron chi connectivity index (χ1n) is 8.40. The molecule has 0 spiro atoms. The minimum Gasteiger partial charge on any atom is -0.382 e. The summed E-state index contributed by atoms with van der Waals surface area (Å²) >= 11 is 0. The summed E-state index contributed by atoms with van der Waals surface area (Å²) in [5.41, 5.74) is 1.95. The van der Waals surface area contributed by atoms with Crippen LogP contribution in [0.15, 0.2) is 42.7 Å². The van der Waals surface area contributed by atoms with Gasteiger partial charge in [0.1, 0.15) is 12.1 Å². The van der Waals surface area contributed by atoms with E-state index in [1.165, 1.54) is 6.33 Å². The number of fused-ring (bicyclic) bond motifs is 1. The molecule has 0 aliphatic carbocycles. The van der Waals surface area contributed by atoms with Crippen molar-refractivity contribution in [3.05, 3.63) is 42.7 Å². The minimum absolute atomic E-state index is 0.0284. The van der Waals surface area contributed by atoms with E-state index < -0.39 is 0 Å².